The van der Waals surface area contributed by atoms with Crippen molar-refractivity contribution in [1.29, 1.82) is 0 Å². The number of thiazole rings is 1. The second-order valence-electron chi connectivity index (χ2n) is 1.65. The molecule has 0 atom stereocenters. The fourth-order valence-electron chi connectivity index (χ4n) is 0.471. The monoisotopic (exact) mass is 159 g/mol. The smallest absolute Gasteiger partial charge is 0.149 e. The molecule has 0 fully saturated rings. The molecule has 1 aromatic heterocycles. The molecule has 0 spiro atoms. The Morgan fingerprint density at radius 3 is 3.22 bits per heavy atom. The van der Waals surface area contributed by atoms with E-state index in [1.54, 1.807) is 11.3 Å². The van der Waals surface area contributed by atoms with Crippen LogP contribution in [0, 0.1) is 0 Å². The van der Waals surface area contributed by atoms with Crippen LogP contribution >= 0.6 is 23.1 Å². The molecular formula is C6H9NS2. The van der Waals surface area contributed by atoms with Gasteiger partial charge in [-0.25, -0.2) is 4.98 Å². The molecule has 0 saturated heterocycles. The van der Waals surface area contributed by atoms with Crippen molar-refractivity contribution >= 4 is 23.1 Å². The van der Waals surface area contributed by atoms with Crippen LogP contribution in [0.15, 0.2) is 15.9 Å². The van der Waals surface area contributed by atoms with Gasteiger partial charge in [-0.15, -0.1) is 11.3 Å². The summed E-state index contributed by atoms with van der Waals surface area (Å²) in [5.41, 5.74) is 0. The van der Waals surface area contributed by atoms with Crippen molar-refractivity contribution in [3.63, 3.8) is 0 Å². The van der Waals surface area contributed by atoms with Crippen molar-refractivity contribution in [2.24, 2.45) is 0 Å². The summed E-state index contributed by atoms with van der Waals surface area (Å²) in [5.74, 6) is 1.19. The van der Waals surface area contributed by atoms with E-state index in [4.69, 9.17) is 0 Å². The van der Waals surface area contributed by atoms with E-state index in [1.807, 2.05) is 23.3 Å². The molecule has 0 N–H and O–H groups in total. The van der Waals surface area contributed by atoms with Crippen LogP contribution in [-0.4, -0.2) is 10.7 Å². The Morgan fingerprint density at radius 2 is 2.67 bits per heavy atom. The van der Waals surface area contributed by atoms with Gasteiger partial charge in [0.15, 0.2) is 0 Å². The van der Waals surface area contributed by atoms with Crippen LogP contribution in [-0.2, 0) is 0 Å². The van der Waals surface area contributed by atoms with Crippen LogP contribution in [0.5, 0.6) is 0 Å². The first-order chi connectivity index (χ1) is 4.43. The van der Waals surface area contributed by atoms with Crippen LogP contribution in [0.4, 0.5) is 0 Å². The van der Waals surface area contributed by atoms with E-state index in [1.165, 1.54) is 16.5 Å². The normalized spacial score (nSPS) is 9.89. The minimum Gasteiger partial charge on any atom is -0.238 e. The first-order valence-electron chi connectivity index (χ1n) is 2.95. The highest BCUT2D eigenvalue weighted by Crippen LogP contribution is 2.20. The zero-order valence-corrected chi connectivity index (χ0v) is 6.97. The lowest BCUT2D eigenvalue weighted by Gasteiger charge is -1.89. The van der Waals surface area contributed by atoms with E-state index in [0.29, 0.717) is 0 Å². The summed E-state index contributed by atoms with van der Waals surface area (Å²) in [5, 5.41) is 2.01. The topological polar surface area (TPSA) is 12.9 Å². The first kappa shape index (κ1) is 7.09. The molecule has 1 aromatic rings. The summed E-state index contributed by atoms with van der Waals surface area (Å²) in [7, 11) is 0. The van der Waals surface area contributed by atoms with Crippen molar-refractivity contribution in [2.45, 2.75) is 17.7 Å². The zero-order chi connectivity index (χ0) is 6.53. The Kier molecular flexibility index (Phi) is 3.08. The molecule has 1 heterocycles. The molecule has 0 amide bonds. The molecule has 0 aliphatic heterocycles. The Bertz CT molecular complexity index is 148. The van der Waals surface area contributed by atoms with Crippen LogP contribution in [0.25, 0.3) is 0 Å². The van der Waals surface area contributed by atoms with Gasteiger partial charge in [-0.1, -0.05) is 18.7 Å². The first-order valence-corrected chi connectivity index (χ1v) is 4.82. The molecule has 0 unspecified atom stereocenters. The minimum absolute atomic E-state index is 1.19. The fourth-order valence-corrected chi connectivity index (χ4v) is 2.03. The van der Waals surface area contributed by atoms with Crippen molar-refractivity contribution in [1.82, 2.24) is 4.98 Å². The van der Waals surface area contributed by atoms with Crippen LogP contribution in [0.2, 0.25) is 0 Å². The molecule has 0 aliphatic carbocycles. The summed E-state index contributed by atoms with van der Waals surface area (Å²) >= 11 is 3.55. The number of thioether (sulfide) groups is 1. The number of aromatic nitrogens is 1. The maximum Gasteiger partial charge on any atom is 0.149 e. The van der Waals surface area contributed by atoms with Gasteiger partial charge in [0, 0.05) is 17.3 Å². The van der Waals surface area contributed by atoms with Gasteiger partial charge in [0.1, 0.15) is 4.34 Å². The highest BCUT2D eigenvalue weighted by Gasteiger charge is 1.91. The highest BCUT2D eigenvalue weighted by molar-refractivity contribution is 8.00. The van der Waals surface area contributed by atoms with Crippen molar-refractivity contribution < 1.29 is 0 Å². The van der Waals surface area contributed by atoms with E-state index >= 15 is 0 Å². The van der Waals surface area contributed by atoms with Gasteiger partial charge in [0.25, 0.3) is 0 Å². The third kappa shape index (κ3) is 2.37. The molecule has 0 bridgehead atoms. The van der Waals surface area contributed by atoms with Gasteiger partial charge in [-0.3, -0.25) is 0 Å². The van der Waals surface area contributed by atoms with E-state index in [2.05, 4.69) is 11.9 Å². The molecule has 50 valence electrons. The predicted molar refractivity (Wildman–Crippen MR) is 43.1 cm³/mol. The highest BCUT2D eigenvalue weighted by atomic mass is 32.2. The van der Waals surface area contributed by atoms with Crippen molar-refractivity contribution in [2.75, 3.05) is 5.75 Å². The van der Waals surface area contributed by atoms with E-state index in [9.17, 15) is 0 Å². The average Bonchev–Trinajstić information content (AvgIpc) is 2.34. The average molecular weight is 159 g/mol. The molecule has 0 aromatic carbocycles. The summed E-state index contributed by atoms with van der Waals surface area (Å²) in [6.45, 7) is 2.18. The van der Waals surface area contributed by atoms with E-state index in [0.717, 1.165) is 0 Å². The summed E-state index contributed by atoms with van der Waals surface area (Å²) in [4.78, 5) is 4.14. The van der Waals surface area contributed by atoms with Gasteiger partial charge in [-0.05, 0) is 6.42 Å². The molecule has 0 saturated carbocycles. The fraction of sp³-hybridized carbons (Fsp3) is 0.500. The van der Waals surface area contributed by atoms with Crippen molar-refractivity contribution in [3.8, 4) is 0 Å². The lowest BCUT2D eigenvalue weighted by Crippen LogP contribution is -1.71. The largest absolute Gasteiger partial charge is 0.238 e. The molecule has 0 radical (unpaired) electrons. The third-order valence-corrected chi connectivity index (χ3v) is 3.01. The molecular weight excluding hydrogens is 150 g/mol. The Hall–Kier alpha value is -0.0200. The molecule has 1 rings (SSSR count). The van der Waals surface area contributed by atoms with Crippen LogP contribution < -0.4 is 0 Å². The predicted octanol–water partition coefficient (Wildman–Crippen LogP) is 2.65. The van der Waals surface area contributed by atoms with Crippen LogP contribution in [0.1, 0.15) is 13.3 Å². The lowest BCUT2D eigenvalue weighted by atomic mass is 10.6. The summed E-state index contributed by atoms with van der Waals surface area (Å²) in [6.07, 6.45) is 3.08. The van der Waals surface area contributed by atoms with Gasteiger partial charge in [0.05, 0.1) is 0 Å². The quantitative estimate of drug-likeness (QED) is 0.629. The van der Waals surface area contributed by atoms with E-state index < -0.39 is 0 Å². The van der Waals surface area contributed by atoms with Crippen molar-refractivity contribution in [3.05, 3.63) is 11.6 Å². The molecule has 9 heavy (non-hydrogen) atoms. The number of hydrogen-bond donors (Lipinski definition) is 0. The van der Waals surface area contributed by atoms with Gasteiger partial charge >= 0.3 is 0 Å². The van der Waals surface area contributed by atoms with Gasteiger partial charge in [-0.2, -0.15) is 0 Å². The second kappa shape index (κ2) is 3.90. The summed E-state index contributed by atoms with van der Waals surface area (Å²) in [6, 6.07) is 0. The Labute approximate surface area is 63.5 Å². The lowest BCUT2D eigenvalue weighted by molar-refractivity contribution is 1.10. The SMILES string of the molecule is CCCSc1nccs1. The van der Waals surface area contributed by atoms with Crippen LogP contribution in [0.3, 0.4) is 0 Å². The second-order valence-corrected chi connectivity index (χ2v) is 3.88. The van der Waals surface area contributed by atoms with E-state index in [-0.39, 0.29) is 0 Å². The number of nitrogens with zero attached hydrogens (tertiary/aromatic N) is 1. The third-order valence-electron chi connectivity index (χ3n) is 0.839. The van der Waals surface area contributed by atoms with Gasteiger partial charge < -0.3 is 0 Å². The number of hydrogen-bond acceptors (Lipinski definition) is 3. The summed E-state index contributed by atoms with van der Waals surface area (Å²) < 4.78 is 1.19. The zero-order valence-electron chi connectivity index (χ0n) is 5.33. The molecule has 0 aliphatic rings. The maximum absolute atomic E-state index is 4.14. The Morgan fingerprint density at radius 1 is 1.78 bits per heavy atom. The Balaban J connectivity index is 2.30. The molecule has 1 nitrogen and oxygen atoms in total. The minimum atomic E-state index is 1.19. The number of rotatable bonds is 3. The maximum atomic E-state index is 4.14. The molecule has 3 heteroatoms. The van der Waals surface area contributed by atoms with Gasteiger partial charge in [0.2, 0.25) is 0 Å². The standard InChI is InChI=1S/C6H9NS2/c1-2-4-8-6-7-3-5-9-6/h3,5H,2,4H2,1H3.